The molecule has 0 saturated carbocycles. The largest absolute Gasteiger partial charge is 0.497 e. The molecule has 0 aliphatic carbocycles. The van der Waals surface area contributed by atoms with Crippen molar-refractivity contribution < 1.29 is 19.0 Å². The van der Waals surface area contributed by atoms with Gasteiger partial charge in [0.15, 0.2) is 11.5 Å². The van der Waals surface area contributed by atoms with Gasteiger partial charge >= 0.3 is 5.69 Å². The third-order valence-corrected chi connectivity index (χ3v) is 4.17. The molecule has 2 aromatic carbocycles. The number of hydrogen-bond donors (Lipinski definition) is 1. The zero-order valence-electron chi connectivity index (χ0n) is 14.5. The lowest BCUT2D eigenvalue weighted by molar-refractivity contribution is -0.116. The van der Waals surface area contributed by atoms with E-state index in [0.29, 0.717) is 28.6 Å². The lowest BCUT2D eigenvalue weighted by atomic mass is 10.3. The third kappa shape index (κ3) is 3.37. The summed E-state index contributed by atoms with van der Waals surface area (Å²) in [5, 5.41) is 2.75. The van der Waals surface area contributed by atoms with Crippen molar-refractivity contribution >= 4 is 11.6 Å². The van der Waals surface area contributed by atoms with Gasteiger partial charge in [0.05, 0.1) is 12.8 Å². The van der Waals surface area contributed by atoms with Crippen LogP contribution in [0.15, 0.2) is 59.7 Å². The minimum atomic E-state index is -0.316. The lowest BCUT2D eigenvalue weighted by Gasteiger charge is -2.07. The molecule has 1 aliphatic rings. The minimum Gasteiger partial charge on any atom is -0.497 e. The third-order valence-electron chi connectivity index (χ3n) is 4.17. The van der Waals surface area contributed by atoms with Crippen LogP contribution in [0, 0.1) is 0 Å². The van der Waals surface area contributed by atoms with Gasteiger partial charge in [-0.2, -0.15) is 0 Å². The van der Waals surface area contributed by atoms with E-state index in [1.165, 1.54) is 9.13 Å². The molecule has 8 heteroatoms. The second-order valence-electron chi connectivity index (χ2n) is 5.89. The van der Waals surface area contributed by atoms with Crippen LogP contribution in [0.2, 0.25) is 0 Å². The van der Waals surface area contributed by atoms with Crippen LogP contribution in [-0.4, -0.2) is 28.9 Å². The molecule has 1 N–H and O–H groups in total. The van der Waals surface area contributed by atoms with Crippen molar-refractivity contribution in [2.24, 2.45) is 0 Å². The molecule has 2 heterocycles. The Morgan fingerprint density at radius 1 is 1.11 bits per heavy atom. The van der Waals surface area contributed by atoms with Crippen LogP contribution in [0.5, 0.6) is 17.2 Å². The minimum absolute atomic E-state index is 0.101. The average molecular weight is 367 g/mol. The molecule has 4 rings (SSSR count). The Morgan fingerprint density at radius 3 is 2.67 bits per heavy atom. The van der Waals surface area contributed by atoms with Gasteiger partial charge in [-0.1, -0.05) is 0 Å². The fraction of sp³-hybridized carbons (Fsp3) is 0.158. The van der Waals surface area contributed by atoms with Crippen LogP contribution >= 0.6 is 0 Å². The Bertz CT molecular complexity index is 1040. The number of anilines is 1. The Morgan fingerprint density at radius 2 is 1.89 bits per heavy atom. The molecular weight excluding hydrogens is 350 g/mol. The summed E-state index contributed by atoms with van der Waals surface area (Å²) in [6.07, 6.45) is 3.20. The molecule has 1 amide bonds. The summed E-state index contributed by atoms with van der Waals surface area (Å²) in [5.41, 5.74) is 0.962. The zero-order chi connectivity index (χ0) is 18.8. The van der Waals surface area contributed by atoms with Crippen LogP contribution in [0.25, 0.3) is 5.69 Å². The molecule has 0 saturated heterocycles. The second kappa shape index (κ2) is 6.91. The summed E-state index contributed by atoms with van der Waals surface area (Å²) < 4.78 is 18.4. The molecule has 0 atom stereocenters. The van der Waals surface area contributed by atoms with E-state index in [1.54, 1.807) is 62.0 Å². The summed E-state index contributed by atoms with van der Waals surface area (Å²) in [6, 6.07) is 12.2. The quantitative estimate of drug-likeness (QED) is 0.746. The highest BCUT2D eigenvalue weighted by Crippen LogP contribution is 2.34. The van der Waals surface area contributed by atoms with Crippen molar-refractivity contribution in [3.63, 3.8) is 0 Å². The molecule has 0 bridgehead atoms. The van der Waals surface area contributed by atoms with Crippen molar-refractivity contribution in [3.05, 3.63) is 65.3 Å². The fourth-order valence-corrected chi connectivity index (χ4v) is 2.80. The summed E-state index contributed by atoms with van der Waals surface area (Å²) in [5.74, 6) is 1.61. The highest BCUT2D eigenvalue weighted by Gasteiger charge is 2.15. The smallest absolute Gasteiger partial charge is 0.333 e. The summed E-state index contributed by atoms with van der Waals surface area (Å²) in [6.45, 7) is 0.0669. The molecule has 1 aliphatic heterocycles. The van der Waals surface area contributed by atoms with Crippen LogP contribution in [-0.2, 0) is 11.3 Å². The molecule has 0 fully saturated rings. The SMILES string of the molecule is COc1ccc(-n2ccn(CC(=O)Nc3ccc4c(c3)OCO4)c2=O)cc1. The topological polar surface area (TPSA) is 83.7 Å². The number of fused-ring (bicyclic) bond motifs is 1. The number of carbonyl (C=O) groups excluding carboxylic acids is 1. The zero-order valence-corrected chi connectivity index (χ0v) is 14.5. The number of amides is 1. The number of benzene rings is 2. The van der Waals surface area contributed by atoms with Gasteiger partial charge in [0, 0.05) is 24.1 Å². The number of carbonyl (C=O) groups is 1. The van der Waals surface area contributed by atoms with E-state index in [4.69, 9.17) is 14.2 Å². The van der Waals surface area contributed by atoms with Crippen molar-refractivity contribution in [1.82, 2.24) is 9.13 Å². The van der Waals surface area contributed by atoms with E-state index >= 15 is 0 Å². The van der Waals surface area contributed by atoms with E-state index in [9.17, 15) is 9.59 Å². The highest BCUT2D eigenvalue weighted by molar-refractivity contribution is 5.91. The van der Waals surface area contributed by atoms with Crippen LogP contribution in [0.1, 0.15) is 0 Å². The Labute approximate surface area is 154 Å². The number of aromatic nitrogens is 2. The molecule has 3 aromatic rings. The number of imidazole rings is 1. The maximum absolute atomic E-state index is 12.5. The standard InChI is InChI=1S/C19H17N3O5/c1-25-15-5-3-14(4-6-15)22-9-8-21(19(22)24)11-18(23)20-13-2-7-16-17(10-13)27-12-26-16/h2-10H,11-12H2,1H3,(H,20,23). The fourth-order valence-electron chi connectivity index (χ4n) is 2.80. The molecule has 0 spiro atoms. The van der Waals surface area contributed by atoms with Crippen LogP contribution in [0.4, 0.5) is 5.69 Å². The predicted molar refractivity (Wildman–Crippen MR) is 97.8 cm³/mol. The van der Waals surface area contributed by atoms with E-state index in [0.717, 1.165) is 0 Å². The maximum atomic E-state index is 12.5. The Hall–Kier alpha value is -3.68. The van der Waals surface area contributed by atoms with Gasteiger partial charge in [-0.3, -0.25) is 13.9 Å². The molecule has 0 radical (unpaired) electrons. The lowest BCUT2D eigenvalue weighted by Crippen LogP contribution is -2.28. The first kappa shape index (κ1) is 16.8. The number of hydrogen-bond acceptors (Lipinski definition) is 5. The Balaban J connectivity index is 1.47. The summed E-state index contributed by atoms with van der Waals surface area (Å²) >= 11 is 0. The van der Waals surface area contributed by atoms with Crippen LogP contribution in [0.3, 0.4) is 0 Å². The number of rotatable bonds is 5. The second-order valence-corrected chi connectivity index (χ2v) is 5.89. The van der Waals surface area contributed by atoms with Gasteiger partial charge in [0.1, 0.15) is 12.3 Å². The molecule has 0 unspecified atom stereocenters. The number of ether oxygens (including phenoxy) is 3. The summed E-state index contributed by atoms with van der Waals surface area (Å²) in [7, 11) is 1.58. The molecule has 8 nitrogen and oxygen atoms in total. The molecule has 1 aromatic heterocycles. The number of methoxy groups -OCH3 is 1. The Kier molecular flexibility index (Phi) is 4.29. The van der Waals surface area contributed by atoms with Gasteiger partial charge in [-0.05, 0) is 36.4 Å². The molecular formula is C19H17N3O5. The normalized spacial score (nSPS) is 12.0. The molecule has 138 valence electrons. The van der Waals surface area contributed by atoms with Gasteiger partial charge < -0.3 is 19.5 Å². The first-order chi connectivity index (χ1) is 13.1. The predicted octanol–water partition coefficient (Wildman–Crippen LogP) is 2.01. The van der Waals surface area contributed by atoms with Crippen LogP contribution < -0.4 is 25.2 Å². The van der Waals surface area contributed by atoms with Gasteiger partial charge in [-0.25, -0.2) is 4.79 Å². The van der Waals surface area contributed by atoms with Crippen molar-refractivity contribution in [2.45, 2.75) is 6.54 Å². The first-order valence-corrected chi connectivity index (χ1v) is 8.26. The summed E-state index contributed by atoms with van der Waals surface area (Å²) in [4.78, 5) is 24.8. The van der Waals surface area contributed by atoms with Gasteiger partial charge in [-0.15, -0.1) is 0 Å². The number of nitrogens with one attached hydrogen (secondary N) is 1. The van der Waals surface area contributed by atoms with E-state index in [1.807, 2.05) is 0 Å². The van der Waals surface area contributed by atoms with Crippen molar-refractivity contribution in [1.29, 1.82) is 0 Å². The monoisotopic (exact) mass is 367 g/mol. The average Bonchev–Trinajstić information content (AvgIpc) is 3.28. The van der Waals surface area contributed by atoms with Crippen molar-refractivity contribution in [2.75, 3.05) is 19.2 Å². The highest BCUT2D eigenvalue weighted by atomic mass is 16.7. The van der Waals surface area contributed by atoms with Crippen molar-refractivity contribution in [3.8, 4) is 22.9 Å². The molecule has 27 heavy (non-hydrogen) atoms. The van der Waals surface area contributed by atoms with Gasteiger partial charge in [0.25, 0.3) is 0 Å². The maximum Gasteiger partial charge on any atom is 0.333 e. The number of nitrogens with zero attached hydrogens (tertiary/aromatic N) is 2. The first-order valence-electron chi connectivity index (χ1n) is 8.26. The van der Waals surface area contributed by atoms with E-state index in [2.05, 4.69) is 5.32 Å². The van der Waals surface area contributed by atoms with E-state index < -0.39 is 0 Å². The van der Waals surface area contributed by atoms with Gasteiger partial charge in [0.2, 0.25) is 12.7 Å². The van der Waals surface area contributed by atoms with E-state index in [-0.39, 0.29) is 24.9 Å².